The van der Waals surface area contributed by atoms with E-state index >= 15 is 0 Å². The summed E-state index contributed by atoms with van der Waals surface area (Å²) in [5.41, 5.74) is 11.9. The van der Waals surface area contributed by atoms with E-state index in [2.05, 4.69) is 19.2 Å². The van der Waals surface area contributed by atoms with E-state index in [0.29, 0.717) is 29.0 Å². The van der Waals surface area contributed by atoms with Gasteiger partial charge in [-0.05, 0) is 49.3 Å². The van der Waals surface area contributed by atoms with E-state index in [1.165, 1.54) is 12.5 Å². The SMILES string of the molecule is CC1CC(C)CC(Nc2cc(C(N)=O)cc(C(N)=O)c2)C1. The molecule has 0 bridgehead atoms. The van der Waals surface area contributed by atoms with Crippen molar-refractivity contribution in [3.05, 3.63) is 29.3 Å². The van der Waals surface area contributed by atoms with Gasteiger partial charge in [0.05, 0.1) is 0 Å². The maximum Gasteiger partial charge on any atom is 0.248 e. The molecule has 21 heavy (non-hydrogen) atoms. The van der Waals surface area contributed by atoms with Gasteiger partial charge in [-0.2, -0.15) is 0 Å². The van der Waals surface area contributed by atoms with E-state index in [9.17, 15) is 9.59 Å². The fourth-order valence-corrected chi connectivity index (χ4v) is 3.30. The summed E-state index contributed by atoms with van der Waals surface area (Å²) < 4.78 is 0. The molecule has 0 aliphatic heterocycles. The van der Waals surface area contributed by atoms with E-state index in [1.807, 2.05) is 0 Å². The van der Waals surface area contributed by atoms with Gasteiger partial charge in [0.1, 0.15) is 0 Å². The molecule has 0 heterocycles. The van der Waals surface area contributed by atoms with Crippen molar-refractivity contribution >= 4 is 17.5 Å². The van der Waals surface area contributed by atoms with Crippen LogP contribution in [0.3, 0.4) is 0 Å². The second-order valence-corrected chi connectivity index (χ2v) is 6.29. The van der Waals surface area contributed by atoms with Gasteiger partial charge >= 0.3 is 0 Å². The Morgan fingerprint density at radius 1 is 0.952 bits per heavy atom. The largest absolute Gasteiger partial charge is 0.382 e. The summed E-state index contributed by atoms with van der Waals surface area (Å²) in [6.45, 7) is 4.50. The lowest BCUT2D eigenvalue weighted by atomic mass is 9.80. The second-order valence-electron chi connectivity index (χ2n) is 6.29. The first kappa shape index (κ1) is 15.4. The number of carbonyl (C=O) groups is 2. The Hall–Kier alpha value is -2.04. The van der Waals surface area contributed by atoms with Gasteiger partial charge in [0.15, 0.2) is 0 Å². The Labute approximate surface area is 125 Å². The number of benzene rings is 1. The van der Waals surface area contributed by atoms with Gasteiger partial charge < -0.3 is 16.8 Å². The van der Waals surface area contributed by atoms with Crippen LogP contribution in [0.25, 0.3) is 0 Å². The smallest absolute Gasteiger partial charge is 0.248 e. The molecule has 114 valence electrons. The van der Waals surface area contributed by atoms with Crippen LogP contribution in [0.1, 0.15) is 53.8 Å². The highest BCUT2D eigenvalue weighted by Crippen LogP contribution is 2.30. The van der Waals surface area contributed by atoms with Crippen LogP contribution in [0.4, 0.5) is 5.69 Å². The maximum absolute atomic E-state index is 11.4. The Balaban J connectivity index is 2.22. The van der Waals surface area contributed by atoms with Gasteiger partial charge in [-0.1, -0.05) is 13.8 Å². The molecule has 0 radical (unpaired) electrons. The summed E-state index contributed by atoms with van der Waals surface area (Å²) in [6, 6.07) is 5.13. The number of hydrogen-bond donors (Lipinski definition) is 3. The van der Waals surface area contributed by atoms with Crippen LogP contribution >= 0.6 is 0 Å². The summed E-state index contributed by atoms with van der Waals surface area (Å²) in [6.07, 6.45) is 3.40. The first-order chi connectivity index (χ1) is 9.85. The zero-order valence-electron chi connectivity index (χ0n) is 12.6. The predicted molar refractivity (Wildman–Crippen MR) is 83.1 cm³/mol. The third-order valence-electron chi connectivity index (χ3n) is 4.05. The lowest BCUT2D eigenvalue weighted by Crippen LogP contribution is -2.30. The van der Waals surface area contributed by atoms with E-state index in [-0.39, 0.29) is 0 Å². The van der Waals surface area contributed by atoms with Crippen molar-refractivity contribution in [1.29, 1.82) is 0 Å². The number of amides is 2. The molecule has 2 amide bonds. The van der Waals surface area contributed by atoms with Crippen molar-refractivity contribution < 1.29 is 9.59 Å². The second kappa shape index (κ2) is 6.16. The number of carbonyl (C=O) groups excluding carboxylic acids is 2. The van der Waals surface area contributed by atoms with E-state index in [1.54, 1.807) is 12.1 Å². The molecular weight excluding hydrogens is 266 g/mol. The molecule has 0 saturated heterocycles. The summed E-state index contributed by atoms with van der Waals surface area (Å²) in [7, 11) is 0. The van der Waals surface area contributed by atoms with Crippen LogP contribution in [0.5, 0.6) is 0 Å². The third kappa shape index (κ3) is 3.97. The summed E-state index contributed by atoms with van der Waals surface area (Å²) in [5, 5.41) is 3.42. The Bertz CT molecular complexity index is 514. The lowest BCUT2D eigenvalue weighted by molar-refractivity contribution is 0.0999. The molecule has 2 rings (SSSR count). The van der Waals surface area contributed by atoms with Crippen molar-refractivity contribution in [2.45, 2.75) is 39.2 Å². The van der Waals surface area contributed by atoms with Gasteiger partial charge in [-0.15, -0.1) is 0 Å². The van der Waals surface area contributed by atoms with Crippen molar-refractivity contribution in [2.24, 2.45) is 23.3 Å². The predicted octanol–water partition coefficient (Wildman–Crippen LogP) is 2.12. The molecule has 5 heteroatoms. The number of primary amides is 2. The molecule has 1 aliphatic carbocycles. The standard InChI is InChI=1S/C16H23N3O2/c1-9-3-10(2)5-13(4-9)19-14-7-11(15(17)20)6-12(8-14)16(18)21/h6-10,13,19H,3-5H2,1-2H3,(H2,17,20)(H2,18,21). The monoisotopic (exact) mass is 289 g/mol. The summed E-state index contributed by atoms with van der Waals surface area (Å²) in [5.74, 6) is 0.209. The highest BCUT2D eigenvalue weighted by Gasteiger charge is 2.24. The van der Waals surface area contributed by atoms with Crippen LogP contribution in [-0.4, -0.2) is 17.9 Å². The molecule has 2 atom stereocenters. The van der Waals surface area contributed by atoms with Gasteiger partial charge in [-0.3, -0.25) is 9.59 Å². The van der Waals surface area contributed by atoms with Crippen molar-refractivity contribution in [1.82, 2.24) is 0 Å². The van der Waals surface area contributed by atoms with Crippen LogP contribution in [0.2, 0.25) is 0 Å². The molecule has 1 saturated carbocycles. The van der Waals surface area contributed by atoms with Crippen LogP contribution in [0, 0.1) is 11.8 Å². The van der Waals surface area contributed by atoms with Gasteiger partial charge in [0.2, 0.25) is 11.8 Å². The molecule has 0 aromatic heterocycles. The van der Waals surface area contributed by atoms with E-state index in [4.69, 9.17) is 11.5 Å². The Morgan fingerprint density at radius 2 is 1.43 bits per heavy atom. The van der Waals surface area contributed by atoms with Crippen LogP contribution in [-0.2, 0) is 0 Å². The minimum Gasteiger partial charge on any atom is -0.382 e. The molecule has 1 aromatic rings. The minimum absolute atomic E-state index is 0.297. The van der Waals surface area contributed by atoms with Crippen LogP contribution in [0.15, 0.2) is 18.2 Å². The van der Waals surface area contributed by atoms with Crippen molar-refractivity contribution in [3.8, 4) is 0 Å². The summed E-state index contributed by atoms with van der Waals surface area (Å²) >= 11 is 0. The van der Waals surface area contributed by atoms with Crippen LogP contribution < -0.4 is 16.8 Å². The Kier molecular flexibility index (Phi) is 4.50. The fraction of sp³-hybridized carbons (Fsp3) is 0.500. The van der Waals surface area contributed by atoms with Gasteiger partial charge in [0, 0.05) is 22.9 Å². The average molecular weight is 289 g/mol. The highest BCUT2D eigenvalue weighted by molar-refractivity contribution is 5.99. The summed E-state index contributed by atoms with van der Waals surface area (Å²) in [4.78, 5) is 22.7. The molecule has 5 nitrogen and oxygen atoms in total. The van der Waals surface area contributed by atoms with Crippen molar-refractivity contribution in [2.75, 3.05) is 5.32 Å². The van der Waals surface area contributed by atoms with Gasteiger partial charge in [0.25, 0.3) is 0 Å². The van der Waals surface area contributed by atoms with E-state index < -0.39 is 11.8 Å². The third-order valence-corrected chi connectivity index (χ3v) is 4.05. The lowest BCUT2D eigenvalue weighted by Gasteiger charge is -2.32. The molecule has 1 fully saturated rings. The topological polar surface area (TPSA) is 98.2 Å². The molecular formula is C16H23N3O2. The maximum atomic E-state index is 11.4. The minimum atomic E-state index is -0.563. The number of hydrogen-bond acceptors (Lipinski definition) is 3. The van der Waals surface area contributed by atoms with Gasteiger partial charge in [-0.25, -0.2) is 0 Å². The number of anilines is 1. The normalized spacial score (nSPS) is 25.3. The quantitative estimate of drug-likeness (QED) is 0.791. The van der Waals surface area contributed by atoms with Crippen molar-refractivity contribution in [3.63, 3.8) is 0 Å². The highest BCUT2D eigenvalue weighted by atomic mass is 16.1. The number of rotatable bonds is 4. The average Bonchev–Trinajstić information content (AvgIpc) is 2.36. The molecule has 1 aliphatic rings. The molecule has 0 spiro atoms. The first-order valence-electron chi connectivity index (χ1n) is 7.36. The first-order valence-corrected chi connectivity index (χ1v) is 7.36. The Morgan fingerprint density at radius 3 is 1.86 bits per heavy atom. The van der Waals surface area contributed by atoms with E-state index in [0.717, 1.165) is 18.5 Å². The fourth-order valence-electron chi connectivity index (χ4n) is 3.30. The molecule has 2 unspecified atom stereocenters. The number of nitrogens with two attached hydrogens (primary N) is 2. The zero-order chi connectivity index (χ0) is 15.6. The number of nitrogens with one attached hydrogen (secondary N) is 1. The molecule has 1 aromatic carbocycles. The zero-order valence-corrected chi connectivity index (χ0v) is 12.6. The molecule has 5 N–H and O–H groups in total.